The first-order valence-corrected chi connectivity index (χ1v) is 10.3. The van der Waals surface area contributed by atoms with Crippen molar-refractivity contribution in [3.8, 4) is 6.07 Å². The fourth-order valence-corrected chi connectivity index (χ4v) is 3.39. The molecule has 144 valence electrons. The second kappa shape index (κ2) is 9.64. The third-order valence-electron chi connectivity index (χ3n) is 4.21. The summed E-state index contributed by atoms with van der Waals surface area (Å²) in [6.45, 7) is 0. The molecule has 0 fully saturated rings. The number of nitrogens with zero attached hydrogens (tertiary/aromatic N) is 1. The van der Waals surface area contributed by atoms with Gasteiger partial charge in [-0.15, -0.1) is 0 Å². The smallest absolute Gasteiger partial charge is 0.266 e. The zero-order valence-electron chi connectivity index (χ0n) is 15.1. The van der Waals surface area contributed by atoms with Gasteiger partial charge >= 0.3 is 0 Å². The number of amides is 1. The molecule has 0 heterocycles. The molecule has 0 radical (unpaired) electrons. The maximum absolute atomic E-state index is 14.1. The van der Waals surface area contributed by atoms with Gasteiger partial charge in [0.05, 0.1) is 0 Å². The molecule has 0 atom stereocenters. The Bertz CT molecular complexity index is 1120. The molecule has 0 saturated carbocycles. The molecule has 3 aromatic rings. The Morgan fingerprint density at radius 3 is 2.38 bits per heavy atom. The van der Waals surface area contributed by atoms with Gasteiger partial charge in [0.25, 0.3) is 5.91 Å². The highest BCUT2D eigenvalue weighted by Crippen LogP contribution is 2.23. The summed E-state index contributed by atoms with van der Waals surface area (Å²) in [6.07, 6.45) is 1.87. The van der Waals surface area contributed by atoms with E-state index in [1.807, 2.05) is 18.2 Å². The predicted octanol–water partition coefficient (Wildman–Crippen LogP) is 6.49. The maximum atomic E-state index is 14.1. The van der Waals surface area contributed by atoms with Crippen molar-refractivity contribution in [2.45, 2.75) is 6.42 Å². The van der Waals surface area contributed by atoms with E-state index in [4.69, 9.17) is 0 Å². The van der Waals surface area contributed by atoms with E-state index in [0.29, 0.717) is 23.2 Å². The molecule has 0 aliphatic heterocycles. The summed E-state index contributed by atoms with van der Waals surface area (Å²) in [7, 11) is 0. The average Bonchev–Trinajstić information content (AvgIpc) is 2.71. The summed E-state index contributed by atoms with van der Waals surface area (Å²) in [4.78, 5) is 12.6. The number of hydrogen-bond acceptors (Lipinski definition) is 2. The monoisotopic (exact) mass is 512 g/mol. The number of benzene rings is 3. The van der Waals surface area contributed by atoms with Gasteiger partial charge in [-0.2, -0.15) is 5.26 Å². The summed E-state index contributed by atoms with van der Waals surface area (Å²) in [6, 6.07) is 21.1. The topological polar surface area (TPSA) is 52.9 Å². The summed E-state index contributed by atoms with van der Waals surface area (Å²) in [5.74, 6) is -0.800. The summed E-state index contributed by atoms with van der Waals surface area (Å²) in [5, 5.41) is 12.2. The zero-order valence-corrected chi connectivity index (χ0v) is 18.3. The molecule has 3 rings (SSSR count). The lowest BCUT2D eigenvalue weighted by Gasteiger charge is -2.09. The molecular formula is C23H15Br2FN2O. The molecule has 3 aromatic carbocycles. The molecule has 0 aromatic heterocycles. The fraction of sp³-hybridized carbons (Fsp3) is 0.0435. The minimum absolute atomic E-state index is 0.0409. The summed E-state index contributed by atoms with van der Waals surface area (Å²) in [5.41, 5.74) is 2.57. The molecule has 1 N–H and O–H groups in total. The molecule has 6 heteroatoms. The van der Waals surface area contributed by atoms with E-state index in [2.05, 4.69) is 37.2 Å². The average molecular weight is 514 g/mol. The van der Waals surface area contributed by atoms with Gasteiger partial charge in [-0.1, -0.05) is 56.1 Å². The highest BCUT2D eigenvalue weighted by Gasteiger charge is 2.12. The van der Waals surface area contributed by atoms with Gasteiger partial charge in [-0.3, -0.25) is 4.79 Å². The normalized spacial score (nSPS) is 11.0. The van der Waals surface area contributed by atoms with Crippen LogP contribution in [0.3, 0.4) is 0 Å². The van der Waals surface area contributed by atoms with E-state index in [0.717, 1.165) is 14.5 Å². The number of carbonyl (C=O) groups excluding carboxylic acids is 1. The minimum atomic E-state index is -0.508. The number of nitriles is 1. The number of carbonyl (C=O) groups is 1. The third-order valence-corrected chi connectivity index (χ3v) is 5.24. The summed E-state index contributed by atoms with van der Waals surface area (Å²) >= 11 is 6.75. The van der Waals surface area contributed by atoms with Crippen molar-refractivity contribution in [2.75, 3.05) is 5.32 Å². The minimum Gasteiger partial charge on any atom is -0.321 e. The lowest BCUT2D eigenvalue weighted by molar-refractivity contribution is -0.112. The van der Waals surface area contributed by atoms with Gasteiger partial charge in [0.2, 0.25) is 0 Å². The van der Waals surface area contributed by atoms with Crippen LogP contribution in [-0.4, -0.2) is 5.91 Å². The van der Waals surface area contributed by atoms with Crippen LogP contribution in [0, 0.1) is 17.1 Å². The van der Waals surface area contributed by atoms with Crippen LogP contribution in [0.25, 0.3) is 6.08 Å². The van der Waals surface area contributed by atoms with Crippen molar-refractivity contribution >= 4 is 49.5 Å². The van der Waals surface area contributed by atoms with Gasteiger partial charge in [0, 0.05) is 21.1 Å². The van der Waals surface area contributed by atoms with Crippen molar-refractivity contribution in [3.05, 3.63) is 104 Å². The molecule has 0 unspecified atom stereocenters. The first kappa shape index (κ1) is 21.0. The molecule has 0 bridgehead atoms. The van der Waals surface area contributed by atoms with Gasteiger partial charge in [0.1, 0.15) is 17.5 Å². The molecule has 3 nitrogen and oxygen atoms in total. The zero-order chi connectivity index (χ0) is 20.8. The van der Waals surface area contributed by atoms with Crippen molar-refractivity contribution < 1.29 is 9.18 Å². The molecule has 1 amide bonds. The van der Waals surface area contributed by atoms with Gasteiger partial charge < -0.3 is 5.32 Å². The standard InChI is InChI=1S/C23H15Br2FN2O/c24-19-7-9-21(10-8-19)28-23(29)18(14-27)12-17-13-20(25)6-5-15(17)11-16-3-1-2-4-22(16)26/h1-10,12-13H,11H2,(H,28,29)/b18-12+. The van der Waals surface area contributed by atoms with E-state index in [1.165, 1.54) is 12.1 Å². The first-order valence-electron chi connectivity index (χ1n) is 8.67. The van der Waals surface area contributed by atoms with Crippen LogP contribution in [0.2, 0.25) is 0 Å². The molecule has 0 saturated heterocycles. The molecule has 0 spiro atoms. The number of anilines is 1. The number of hydrogen-bond donors (Lipinski definition) is 1. The Kier molecular flexibility index (Phi) is 6.97. The summed E-state index contributed by atoms with van der Waals surface area (Å²) < 4.78 is 15.8. The van der Waals surface area contributed by atoms with Crippen molar-refractivity contribution in [1.82, 2.24) is 0 Å². The van der Waals surface area contributed by atoms with Crippen LogP contribution in [0.15, 0.2) is 81.2 Å². The molecule has 0 aliphatic rings. The Morgan fingerprint density at radius 2 is 1.69 bits per heavy atom. The van der Waals surface area contributed by atoms with Crippen LogP contribution in [0.4, 0.5) is 10.1 Å². The Morgan fingerprint density at radius 1 is 1.00 bits per heavy atom. The van der Waals surface area contributed by atoms with Crippen LogP contribution in [0.5, 0.6) is 0 Å². The van der Waals surface area contributed by atoms with Crippen LogP contribution in [-0.2, 0) is 11.2 Å². The number of halogens is 3. The molecule has 0 aliphatic carbocycles. The Balaban J connectivity index is 1.91. The maximum Gasteiger partial charge on any atom is 0.266 e. The highest BCUT2D eigenvalue weighted by atomic mass is 79.9. The van der Waals surface area contributed by atoms with Gasteiger partial charge in [-0.25, -0.2) is 4.39 Å². The third kappa shape index (κ3) is 5.63. The molecular weight excluding hydrogens is 499 g/mol. The van der Waals surface area contributed by atoms with E-state index in [9.17, 15) is 14.4 Å². The van der Waals surface area contributed by atoms with Crippen molar-refractivity contribution in [3.63, 3.8) is 0 Å². The highest BCUT2D eigenvalue weighted by molar-refractivity contribution is 9.10. The van der Waals surface area contributed by atoms with E-state index in [-0.39, 0.29) is 11.4 Å². The molecule has 29 heavy (non-hydrogen) atoms. The van der Waals surface area contributed by atoms with Crippen LogP contribution >= 0.6 is 31.9 Å². The van der Waals surface area contributed by atoms with E-state index >= 15 is 0 Å². The number of rotatable bonds is 5. The lowest BCUT2D eigenvalue weighted by atomic mass is 9.98. The first-order chi connectivity index (χ1) is 14.0. The second-order valence-electron chi connectivity index (χ2n) is 6.24. The lowest BCUT2D eigenvalue weighted by Crippen LogP contribution is -2.13. The predicted molar refractivity (Wildman–Crippen MR) is 120 cm³/mol. The van der Waals surface area contributed by atoms with Crippen molar-refractivity contribution in [1.29, 1.82) is 5.26 Å². The van der Waals surface area contributed by atoms with Gasteiger partial charge in [-0.05, 0) is 65.2 Å². The van der Waals surface area contributed by atoms with Gasteiger partial charge in [0.15, 0.2) is 0 Å². The van der Waals surface area contributed by atoms with Crippen LogP contribution < -0.4 is 5.32 Å². The van der Waals surface area contributed by atoms with Crippen molar-refractivity contribution in [2.24, 2.45) is 0 Å². The van der Waals surface area contributed by atoms with Crippen LogP contribution in [0.1, 0.15) is 16.7 Å². The SMILES string of the molecule is N#C/C(=C\c1cc(Br)ccc1Cc1ccccc1F)C(=O)Nc1ccc(Br)cc1. The van der Waals surface area contributed by atoms with E-state index < -0.39 is 5.91 Å². The second-order valence-corrected chi connectivity index (χ2v) is 8.07. The fourth-order valence-electron chi connectivity index (χ4n) is 2.74. The van der Waals surface area contributed by atoms with E-state index in [1.54, 1.807) is 48.5 Å². The largest absolute Gasteiger partial charge is 0.321 e. The quantitative estimate of drug-likeness (QED) is 0.313. The number of nitrogens with one attached hydrogen (secondary N) is 1. The Labute approximate surface area is 185 Å². The Hall–Kier alpha value is -2.75.